The second kappa shape index (κ2) is 7.93. The van der Waals surface area contributed by atoms with Crippen LogP contribution in [0.5, 0.6) is 0 Å². The van der Waals surface area contributed by atoms with Crippen LogP contribution in [0.1, 0.15) is 18.5 Å². The van der Waals surface area contributed by atoms with Crippen molar-refractivity contribution in [3.8, 4) is 0 Å². The number of rotatable bonds is 7. The van der Waals surface area contributed by atoms with E-state index in [4.69, 9.17) is 4.74 Å². The molecule has 25 heavy (non-hydrogen) atoms. The maximum absolute atomic E-state index is 12.7. The van der Waals surface area contributed by atoms with Gasteiger partial charge in [0.25, 0.3) is 0 Å². The first-order valence-corrected chi connectivity index (χ1v) is 8.80. The molecule has 0 saturated carbocycles. The van der Waals surface area contributed by atoms with Gasteiger partial charge < -0.3 is 15.0 Å². The van der Waals surface area contributed by atoms with E-state index < -0.39 is 0 Å². The van der Waals surface area contributed by atoms with Crippen molar-refractivity contribution in [2.24, 2.45) is 5.41 Å². The summed E-state index contributed by atoms with van der Waals surface area (Å²) in [6.07, 6.45) is 3.43. The maximum Gasteiger partial charge on any atom is 0.234 e. The fourth-order valence-corrected chi connectivity index (χ4v) is 3.73. The number of carbonyl (C=O) groups excluding carboxylic acids is 2. The predicted molar refractivity (Wildman–Crippen MR) is 92.6 cm³/mol. The van der Waals surface area contributed by atoms with Crippen LogP contribution in [-0.2, 0) is 20.9 Å². The van der Waals surface area contributed by atoms with Gasteiger partial charge in [0.05, 0.1) is 30.8 Å². The van der Waals surface area contributed by atoms with Gasteiger partial charge in [0.1, 0.15) is 0 Å². The molecule has 7 nitrogen and oxygen atoms in total. The third kappa shape index (κ3) is 4.16. The molecule has 0 aromatic carbocycles. The van der Waals surface area contributed by atoms with Crippen molar-refractivity contribution in [1.82, 2.24) is 20.1 Å². The van der Waals surface area contributed by atoms with Crippen molar-refractivity contribution in [2.45, 2.75) is 19.4 Å². The van der Waals surface area contributed by atoms with Crippen LogP contribution in [0, 0.1) is 5.41 Å². The van der Waals surface area contributed by atoms with Crippen LogP contribution < -0.4 is 5.32 Å². The molecular formula is C18H26N4O3. The van der Waals surface area contributed by atoms with Crippen LogP contribution in [0.4, 0.5) is 0 Å². The van der Waals surface area contributed by atoms with E-state index >= 15 is 0 Å². The second-order valence-electron chi connectivity index (χ2n) is 6.87. The Balaban J connectivity index is 1.46. The number of amides is 2. The van der Waals surface area contributed by atoms with Crippen molar-refractivity contribution in [3.63, 3.8) is 0 Å². The molecule has 2 amide bonds. The lowest BCUT2D eigenvalue weighted by Crippen LogP contribution is -2.40. The number of carbonyl (C=O) groups is 2. The van der Waals surface area contributed by atoms with Gasteiger partial charge in [0, 0.05) is 32.9 Å². The number of nitrogens with zero attached hydrogens (tertiary/aromatic N) is 3. The van der Waals surface area contributed by atoms with Crippen LogP contribution in [-0.4, -0.2) is 73.0 Å². The molecule has 0 bridgehead atoms. The molecule has 136 valence electrons. The van der Waals surface area contributed by atoms with Crippen molar-refractivity contribution >= 4 is 11.8 Å². The number of nitrogens with one attached hydrogen (secondary N) is 1. The molecule has 3 rings (SSSR count). The molecule has 7 heteroatoms. The Bertz CT molecular complexity index is 610. The maximum atomic E-state index is 12.7. The van der Waals surface area contributed by atoms with E-state index in [9.17, 15) is 9.59 Å². The minimum Gasteiger partial charge on any atom is -0.383 e. The molecular weight excluding hydrogens is 320 g/mol. The number of ether oxygens (including phenoxy) is 1. The first-order chi connectivity index (χ1) is 12.1. The van der Waals surface area contributed by atoms with Crippen LogP contribution in [0.2, 0.25) is 0 Å². The van der Waals surface area contributed by atoms with Crippen LogP contribution in [0.3, 0.4) is 0 Å². The lowest BCUT2D eigenvalue weighted by Gasteiger charge is -2.23. The third-order valence-corrected chi connectivity index (χ3v) is 5.16. The SMILES string of the molecule is COCCN1CCC2(CCN(CC(=O)NCc3ccccn3)C2)C1=O. The summed E-state index contributed by atoms with van der Waals surface area (Å²) in [6.45, 7) is 4.25. The number of hydrogen-bond donors (Lipinski definition) is 1. The molecule has 3 heterocycles. The summed E-state index contributed by atoms with van der Waals surface area (Å²) in [7, 11) is 1.65. The van der Waals surface area contributed by atoms with E-state index in [2.05, 4.69) is 15.2 Å². The molecule has 1 unspecified atom stereocenters. The van der Waals surface area contributed by atoms with Gasteiger partial charge in [0.2, 0.25) is 11.8 Å². The Morgan fingerprint density at radius 3 is 2.96 bits per heavy atom. The van der Waals surface area contributed by atoms with E-state index in [0.717, 1.165) is 31.6 Å². The Hall–Kier alpha value is -1.99. The molecule has 2 saturated heterocycles. The number of aromatic nitrogens is 1. The van der Waals surface area contributed by atoms with Crippen LogP contribution in [0.25, 0.3) is 0 Å². The Morgan fingerprint density at radius 1 is 1.36 bits per heavy atom. The molecule has 0 aliphatic carbocycles. The first kappa shape index (κ1) is 17.8. The standard InChI is InChI=1S/C18H26N4O3/c1-25-11-10-22-9-6-18(17(22)24)5-8-21(14-18)13-16(23)20-12-15-4-2-3-7-19-15/h2-4,7H,5-6,8-14H2,1H3,(H,20,23). The fraction of sp³-hybridized carbons (Fsp3) is 0.611. The average molecular weight is 346 g/mol. The number of methoxy groups -OCH3 is 1. The van der Waals surface area contributed by atoms with Crippen LogP contribution in [0.15, 0.2) is 24.4 Å². The number of likely N-dealkylation sites (tertiary alicyclic amines) is 2. The highest BCUT2D eigenvalue weighted by Crippen LogP contribution is 2.40. The summed E-state index contributed by atoms with van der Waals surface area (Å²) >= 11 is 0. The van der Waals surface area contributed by atoms with Crippen molar-refractivity contribution < 1.29 is 14.3 Å². The van der Waals surface area contributed by atoms with E-state index in [1.54, 1.807) is 13.3 Å². The zero-order valence-corrected chi connectivity index (χ0v) is 14.7. The Kier molecular flexibility index (Phi) is 5.65. The lowest BCUT2D eigenvalue weighted by atomic mass is 9.85. The molecule has 1 aromatic heterocycles. The molecule has 1 N–H and O–H groups in total. The van der Waals surface area contributed by atoms with Gasteiger partial charge in [-0.05, 0) is 31.5 Å². The van der Waals surface area contributed by atoms with E-state index in [0.29, 0.717) is 32.8 Å². The molecule has 2 aliphatic rings. The quantitative estimate of drug-likeness (QED) is 0.767. The van der Waals surface area contributed by atoms with Gasteiger partial charge >= 0.3 is 0 Å². The van der Waals surface area contributed by atoms with Crippen molar-refractivity contribution in [2.75, 3.05) is 46.4 Å². The fourth-order valence-electron chi connectivity index (χ4n) is 3.73. The van der Waals surface area contributed by atoms with Crippen molar-refractivity contribution in [1.29, 1.82) is 0 Å². The number of pyridine rings is 1. The van der Waals surface area contributed by atoms with Gasteiger partial charge in [-0.25, -0.2) is 0 Å². The summed E-state index contributed by atoms with van der Waals surface area (Å²) in [5.74, 6) is 0.199. The summed E-state index contributed by atoms with van der Waals surface area (Å²) in [4.78, 5) is 33.1. The first-order valence-electron chi connectivity index (χ1n) is 8.80. The average Bonchev–Trinajstić information content (AvgIpc) is 3.17. The largest absolute Gasteiger partial charge is 0.383 e. The van der Waals surface area contributed by atoms with E-state index in [-0.39, 0.29) is 17.2 Å². The normalized spacial score (nSPS) is 23.6. The van der Waals surface area contributed by atoms with Gasteiger partial charge in [-0.2, -0.15) is 0 Å². The van der Waals surface area contributed by atoms with Crippen molar-refractivity contribution in [3.05, 3.63) is 30.1 Å². The summed E-state index contributed by atoms with van der Waals surface area (Å²) < 4.78 is 5.08. The molecule has 1 aromatic rings. The monoisotopic (exact) mass is 346 g/mol. The van der Waals surface area contributed by atoms with E-state index in [1.165, 1.54) is 0 Å². The minimum absolute atomic E-state index is 0.0237. The zero-order valence-electron chi connectivity index (χ0n) is 14.7. The summed E-state index contributed by atoms with van der Waals surface area (Å²) in [5.41, 5.74) is 0.545. The topological polar surface area (TPSA) is 74.8 Å². The van der Waals surface area contributed by atoms with Crippen LogP contribution >= 0.6 is 0 Å². The van der Waals surface area contributed by atoms with Gasteiger partial charge in [-0.15, -0.1) is 0 Å². The highest BCUT2D eigenvalue weighted by atomic mass is 16.5. The molecule has 2 aliphatic heterocycles. The highest BCUT2D eigenvalue weighted by Gasteiger charge is 2.50. The zero-order chi connectivity index (χ0) is 17.7. The van der Waals surface area contributed by atoms with E-state index in [1.807, 2.05) is 23.1 Å². The second-order valence-corrected chi connectivity index (χ2v) is 6.87. The Labute approximate surface area is 148 Å². The summed E-state index contributed by atoms with van der Waals surface area (Å²) in [6, 6.07) is 5.64. The summed E-state index contributed by atoms with van der Waals surface area (Å²) in [5, 5.41) is 2.90. The smallest absolute Gasteiger partial charge is 0.234 e. The lowest BCUT2D eigenvalue weighted by molar-refractivity contribution is -0.136. The molecule has 2 fully saturated rings. The van der Waals surface area contributed by atoms with Gasteiger partial charge in [-0.3, -0.25) is 19.5 Å². The third-order valence-electron chi connectivity index (χ3n) is 5.16. The number of hydrogen-bond acceptors (Lipinski definition) is 5. The minimum atomic E-state index is -0.297. The molecule has 0 radical (unpaired) electrons. The Morgan fingerprint density at radius 2 is 2.20 bits per heavy atom. The highest BCUT2D eigenvalue weighted by molar-refractivity contribution is 5.86. The molecule has 1 atom stereocenters. The molecule has 1 spiro atoms. The predicted octanol–water partition coefficient (Wildman–Crippen LogP) is 0.269. The van der Waals surface area contributed by atoms with Gasteiger partial charge in [-0.1, -0.05) is 6.07 Å². The van der Waals surface area contributed by atoms with Gasteiger partial charge in [0.15, 0.2) is 0 Å².